The quantitative estimate of drug-likeness (QED) is 0.408. The van der Waals surface area contributed by atoms with Gasteiger partial charge < -0.3 is 4.74 Å². The van der Waals surface area contributed by atoms with Crippen LogP contribution in [0.15, 0.2) is 91.0 Å². The summed E-state index contributed by atoms with van der Waals surface area (Å²) in [6.07, 6.45) is 0. The van der Waals surface area contributed by atoms with E-state index in [0.717, 1.165) is 6.61 Å². The van der Waals surface area contributed by atoms with E-state index in [2.05, 4.69) is 91.0 Å². The molecular formula is C20H18OSi. The predicted octanol–water partition coefficient (Wildman–Crippen LogP) is 2.09. The summed E-state index contributed by atoms with van der Waals surface area (Å²) in [4.78, 5) is 0. The lowest BCUT2D eigenvalue weighted by Crippen LogP contribution is -2.71. The normalized spacial score (nSPS) is 17.2. The van der Waals surface area contributed by atoms with E-state index in [9.17, 15) is 0 Å². The zero-order valence-corrected chi connectivity index (χ0v) is 13.4. The lowest BCUT2D eigenvalue weighted by Gasteiger charge is -2.32. The van der Waals surface area contributed by atoms with Crippen molar-refractivity contribution in [3.05, 3.63) is 91.0 Å². The Kier molecular flexibility index (Phi) is 3.41. The van der Waals surface area contributed by atoms with E-state index in [1.807, 2.05) is 0 Å². The Balaban J connectivity index is 2.02. The summed E-state index contributed by atoms with van der Waals surface area (Å²) >= 11 is 0. The zero-order valence-electron chi connectivity index (χ0n) is 12.4. The van der Waals surface area contributed by atoms with Gasteiger partial charge in [0.2, 0.25) is 0 Å². The highest BCUT2D eigenvalue weighted by Crippen LogP contribution is 2.23. The van der Waals surface area contributed by atoms with Crippen LogP contribution in [0.2, 0.25) is 0 Å². The molecule has 0 spiro atoms. The topological polar surface area (TPSA) is 12.5 Å². The molecule has 0 bridgehead atoms. The molecule has 4 rings (SSSR count). The van der Waals surface area contributed by atoms with Crippen molar-refractivity contribution in [1.82, 2.24) is 0 Å². The Morgan fingerprint density at radius 3 is 1.18 bits per heavy atom. The minimum Gasteiger partial charge on any atom is -0.376 e. The van der Waals surface area contributed by atoms with Crippen LogP contribution < -0.4 is 15.6 Å². The van der Waals surface area contributed by atoms with Crippen LogP contribution >= 0.6 is 0 Å². The minimum absolute atomic E-state index is 0.333. The first kappa shape index (κ1) is 13.5. The van der Waals surface area contributed by atoms with Gasteiger partial charge in [0.15, 0.2) is 8.07 Å². The molecule has 22 heavy (non-hydrogen) atoms. The fourth-order valence-corrected chi connectivity index (χ4v) is 8.33. The number of epoxide rings is 1. The molecule has 1 aliphatic heterocycles. The lowest BCUT2D eigenvalue weighted by atomic mass is 10.3. The molecule has 2 heteroatoms. The van der Waals surface area contributed by atoms with Crippen molar-refractivity contribution in [3.8, 4) is 0 Å². The molecule has 3 aromatic carbocycles. The van der Waals surface area contributed by atoms with Crippen LogP contribution in [0.5, 0.6) is 0 Å². The summed E-state index contributed by atoms with van der Waals surface area (Å²) in [5, 5.41) is 4.28. The van der Waals surface area contributed by atoms with E-state index >= 15 is 0 Å². The second kappa shape index (κ2) is 5.56. The van der Waals surface area contributed by atoms with Crippen molar-refractivity contribution >= 4 is 23.6 Å². The number of hydrogen-bond acceptors (Lipinski definition) is 1. The molecule has 3 aromatic rings. The van der Waals surface area contributed by atoms with Crippen LogP contribution in [-0.4, -0.2) is 20.4 Å². The summed E-state index contributed by atoms with van der Waals surface area (Å²) in [6.45, 7) is 0.866. The van der Waals surface area contributed by atoms with Crippen molar-refractivity contribution in [2.24, 2.45) is 0 Å². The van der Waals surface area contributed by atoms with Gasteiger partial charge >= 0.3 is 0 Å². The number of benzene rings is 3. The largest absolute Gasteiger partial charge is 0.376 e. The van der Waals surface area contributed by atoms with E-state index in [-0.39, 0.29) is 0 Å². The maximum atomic E-state index is 5.90. The van der Waals surface area contributed by atoms with E-state index in [4.69, 9.17) is 4.74 Å². The maximum Gasteiger partial charge on any atom is 0.182 e. The first-order chi connectivity index (χ1) is 10.9. The number of ether oxygens (including phenoxy) is 1. The molecule has 1 fully saturated rings. The fourth-order valence-electron chi connectivity index (χ4n) is 3.46. The van der Waals surface area contributed by atoms with Gasteiger partial charge in [-0.15, -0.1) is 0 Å². The fraction of sp³-hybridized carbons (Fsp3) is 0.100. The zero-order chi connectivity index (χ0) is 14.8. The molecule has 0 radical (unpaired) electrons. The molecule has 0 aliphatic carbocycles. The number of rotatable bonds is 4. The molecule has 1 saturated heterocycles. The minimum atomic E-state index is -2.11. The second-order valence-corrected chi connectivity index (χ2v) is 9.72. The van der Waals surface area contributed by atoms with E-state index in [1.165, 1.54) is 15.6 Å². The molecular weight excluding hydrogens is 284 g/mol. The van der Waals surface area contributed by atoms with Crippen molar-refractivity contribution < 1.29 is 4.74 Å². The molecule has 108 valence electrons. The highest BCUT2D eigenvalue weighted by molar-refractivity contribution is 7.12. The molecule has 1 aliphatic rings. The standard InChI is InChI=1S/C20H18OSi/c1-4-10-17(11-5-1)22(20-16-21-20,18-12-6-2-7-13-18)19-14-8-3-9-15-19/h1-15,20H,16H2. The highest BCUT2D eigenvalue weighted by Gasteiger charge is 2.53. The van der Waals surface area contributed by atoms with Crippen molar-refractivity contribution in [3.63, 3.8) is 0 Å². The third-order valence-electron chi connectivity index (χ3n) is 4.50. The van der Waals surface area contributed by atoms with E-state index in [0.29, 0.717) is 5.73 Å². The molecule has 0 amide bonds. The average Bonchev–Trinajstić information content (AvgIpc) is 3.44. The Morgan fingerprint density at radius 1 is 0.591 bits per heavy atom. The van der Waals surface area contributed by atoms with Crippen molar-refractivity contribution in [1.29, 1.82) is 0 Å². The Bertz CT molecular complexity index is 640. The first-order valence-corrected chi connectivity index (χ1v) is 9.78. The molecule has 0 N–H and O–H groups in total. The Hall–Kier alpha value is -2.16. The van der Waals surface area contributed by atoms with Gasteiger partial charge in [0.1, 0.15) is 0 Å². The van der Waals surface area contributed by atoms with Gasteiger partial charge in [-0.05, 0) is 15.6 Å². The monoisotopic (exact) mass is 302 g/mol. The van der Waals surface area contributed by atoms with Crippen LogP contribution in [0.25, 0.3) is 0 Å². The lowest BCUT2D eigenvalue weighted by molar-refractivity contribution is 0.452. The summed E-state index contributed by atoms with van der Waals surface area (Å²) < 4.78 is 5.90. The van der Waals surface area contributed by atoms with E-state index < -0.39 is 8.07 Å². The third kappa shape index (κ3) is 2.12. The van der Waals surface area contributed by atoms with Crippen LogP contribution in [0.4, 0.5) is 0 Å². The molecule has 1 nitrogen and oxygen atoms in total. The smallest absolute Gasteiger partial charge is 0.182 e. The summed E-state index contributed by atoms with van der Waals surface area (Å²) in [5.74, 6) is 0. The maximum absolute atomic E-state index is 5.90. The summed E-state index contributed by atoms with van der Waals surface area (Å²) in [7, 11) is -2.11. The van der Waals surface area contributed by atoms with Gasteiger partial charge in [0.25, 0.3) is 0 Å². The molecule has 1 atom stereocenters. The number of hydrogen-bond donors (Lipinski definition) is 0. The van der Waals surface area contributed by atoms with Crippen LogP contribution in [0.1, 0.15) is 0 Å². The van der Waals surface area contributed by atoms with Gasteiger partial charge in [0.05, 0.1) is 12.3 Å². The third-order valence-corrected chi connectivity index (χ3v) is 9.53. The second-order valence-electron chi connectivity index (χ2n) is 5.73. The Morgan fingerprint density at radius 2 is 0.909 bits per heavy atom. The van der Waals surface area contributed by atoms with Gasteiger partial charge in [0, 0.05) is 0 Å². The molecule has 1 unspecified atom stereocenters. The Labute approximate surface area is 132 Å². The molecule has 0 aromatic heterocycles. The first-order valence-electron chi connectivity index (χ1n) is 7.70. The van der Waals surface area contributed by atoms with Crippen LogP contribution in [0.3, 0.4) is 0 Å². The summed E-state index contributed by atoms with van der Waals surface area (Å²) in [5.41, 5.74) is 0.333. The summed E-state index contributed by atoms with van der Waals surface area (Å²) in [6, 6.07) is 32.8. The van der Waals surface area contributed by atoms with Gasteiger partial charge in [-0.1, -0.05) is 91.0 Å². The molecule has 1 heterocycles. The average molecular weight is 302 g/mol. The van der Waals surface area contributed by atoms with E-state index in [1.54, 1.807) is 0 Å². The SMILES string of the molecule is c1ccc([Si](c2ccccc2)(c2ccccc2)C2CO2)cc1. The van der Waals surface area contributed by atoms with Gasteiger partial charge in [-0.3, -0.25) is 0 Å². The van der Waals surface area contributed by atoms with Gasteiger partial charge in [-0.2, -0.15) is 0 Å². The van der Waals surface area contributed by atoms with Crippen molar-refractivity contribution in [2.45, 2.75) is 5.73 Å². The molecule has 0 saturated carbocycles. The predicted molar refractivity (Wildman–Crippen MR) is 93.7 cm³/mol. The van der Waals surface area contributed by atoms with Gasteiger partial charge in [-0.25, -0.2) is 0 Å². The van der Waals surface area contributed by atoms with Crippen LogP contribution in [-0.2, 0) is 4.74 Å². The van der Waals surface area contributed by atoms with Crippen molar-refractivity contribution in [2.75, 3.05) is 6.61 Å². The highest BCUT2D eigenvalue weighted by atomic mass is 28.3. The van der Waals surface area contributed by atoms with Crippen LogP contribution in [0, 0.1) is 0 Å².